The van der Waals surface area contributed by atoms with E-state index >= 15 is 0 Å². The molecule has 5 heteroatoms. The van der Waals surface area contributed by atoms with Crippen molar-refractivity contribution in [3.63, 3.8) is 0 Å². The Morgan fingerprint density at radius 1 is 1.20 bits per heavy atom. The third-order valence-corrected chi connectivity index (χ3v) is 4.10. The van der Waals surface area contributed by atoms with Crippen molar-refractivity contribution >= 4 is 11.6 Å². The molecule has 0 radical (unpaired) electrons. The third kappa shape index (κ3) is 2.57. The van der Waals surface area contributed by atoms with Crippen LogP contribution in [0.15, 0.2) is 24.3 Å². The highest BCUT2D eigenvalue weighted by Crippen LogP contribution is 2.27. The number of fused-ring (bicyclic) bond motifs is 1. The zero-order chi connectivity index (χ0) is 14.1. The maximum atomic E-state index is 12.5. The molecule has 2 heterocycles. The molecule has 108 valence electrons. The molecule has 1 amide bonds. The summed E-state index contributed by atoms with van der Waals surface area (Å²) in [6.45, 7) is 1.72. The monoisotopic (exact) mass is 276 g/mol. The van der Waals surface area contributed by atoms with Crippen LogP contribution in [0.4, 0.5) is 5.69 Å². The van der Waals surface area contributed by atoms with E-state index in [0.717, 1.165) is 25.1 Å². The molecular weight excluding hydrogens is 256 g/mol. The second-order valence-corrected chi connectivity index (χ2v) is 5.61. The molecule has 0 spiro atoms. The molecule has 20 heavy (non-hydrogen) atoms. The van der Waals surface area contributed by atoms with E-state index in [4.69, 9.17) is 0 Å². The molecule has 0 aromatic heterocycles. The molecule has 2 atom stereocenters. The van der Waals surface area contributed by atoms with Gasteiger partial charge in [0.2, 0.25) is 5.91 Å². The van der Waals surface area contributed by atoms with E-state index in [2.05, 4.69) is 6.07 Å². The number of aliphatic hydroxyl groups is 2. The maximum Gasteiger partial charge on any atom is 0.241 e. The molecule has 1 aromatic carbocycles. The summed E-state index contributed by atoms with van der Waals surface area (Å²) in [4.78, 5) is 16.1. The number of carbonyl (C=O) groups excluding carboxylic acids is 1. The minimum Gasteiger partial charge on any atom is -0.389 e. The van der Waals surface area contributed by atoms with Gasteiger partial charge in [-0.15, -0.1) is 0 Å². The van der Waals surface area contributed by atoms with Gasteiger partial charge >= 0.3 is 0 Å². The number of carbonyl (C=O) groups is 1. The van der Waals surface area contributed by atoms with Gasteiger partial charge in [0.1, 0.15) is 0 Å². The lowest BCUT2D eigenvalue weighted by atomic mass is 10.0. The minimum absolute atomic E-state index is 0.0402. The molecular formula is C15H20N2O3. The van der Waals surface area contributed by atoms with Gasteiger partial charge in [0.15, 0.2) is 0 Å². The summed E-state index contributed by atoms with van der Waals surface area (Å²) in [6, 6.07) is 8.01. The van der Waals surface area contributed by atoms with Gasteiger partial charge in [-0.05, 0) is 24.5 Å². The first-order valence-electron chi connectivity index (χ1n) is 7.12. The van der Waals surface area contributed by atoms with Crippen molar-refractivity contribution in [1.82, 2.24) is 4.90 Å². The van der Waals surface area contributed by atoms with Gasteiger partial charge < -0.3 is 15.1 Å². The molecule has 2 unspecified atom stereocenters. The molecule has 1 fully saturated rings. The van der Waals surface area contributed by atoms with Crippen LogP contribution < -0.4 is 4.90 Å². The zero-order valence-corrected chi connectivity index (χ0v) is 11.4. The molecule has 1 aromatic rings. The average Bonchev–Trinajstić information content (AvgIpc) is 2.76. The normalized spacial score (nSPS) is 26.6. The van der Waals surface area contributed by atoms with Crippen molar-refractivity contribution in [2.24, 2.45) is 0 Å². The van der Waals surface area contributed by atoms with Crippen molar-refractivity contribution in [2.75, 3.05) is 31.1 Å². The van der Waals surface area contributed by atoms with Gasteiger partial charge in [0, 0.05) is 25.3 Å². The summed E-state index contributed by atoms with van der Waals surface area (Å²) in [6.07, 6.45) is 0.516. The Labute approximate surface area is 118 Å². The van der Waals surface area contributed by atoms with Crippen molar-refractivity contribution in [3.8, 4) is 0 Å². The van der Waals surface area contributed by atoms with Crippen LogP contribution in [0.3, 0.4) is 0 Å². The van der Waals surface area contributed by atoms with E-state index < -0.39 is 12.2 Å². The highest BCUT2D eigenvalue weighted by molar-refractivity contribution is 5.96. The number of hydrogen-bond donors (Lipinski definition) is 2. The van der Waals surface area contributed by atoms with Crippen LogP contribution in [0.25, 0.3) is 0 Å². The second-order valence-electron chi connectivity index (χ2n) is 5.61. The Kier molecular flexibility index (Phi) is 3.74. The van der Waals surface area contributed by atoms with Crippen LogP contribution in [-0.2, 0) is 11.2 Å². The van der Waals surface area contributed by atoms with Crippen LogP contribution in [0.2, 0.25) is 0 Å². The van der Waals surface area contributed by atoms with Crippen molar-refractivity contribution in [3.05, 3.63) is 29.8 Å². The Hall–Kier alpha value is -1.43. The van der Waals surface area contributed by atoms with Crippen LogP contribution in [0.1, 0.15) is 12.0 Å². The summed E-state index contributed by atoms with van der Waals surface area (Å²) < 4.78 is 0. The predicted molar refractivity (Wildman–Crippen MR) is 75.6 cm³/mol. The largest absolute Gasteiger partial charge is 0.389 e. The van der Waals surface area contributed by atoms with Crippen LogP contribution in [0, 0.1) is 0 Å². The number of para-hydroxylation sites is 1. The lowest BCUT2D eigenvalue weighted by Crippen LogP contribution is -2.42. The lowest BCUT2D eigenvalue weighted by Gasteiger charge is -2.30. The number of β-amino-alcohol motifs (C(OH)–C–C–N with tert-alkyl or cyclic N) is 2. The number of hydrogen-bond acceptors (Lipinski definition) is 4. The summed E-state index contributed by atoms with van der Waals surface area (Å²) in [7, 11) is 0. The van der Waals surface area contributed by atoms with E-state index in [-0.39, 0.29) is 12.5 Å². The van der Waals surface area contributed by atoms with E-state index in [1.165, 1.54) is 5.56 Å². The molecule has 1 saturated heterocycles. The first-order chi connectivity index (χ1) is 9.65. The fraction of sp³-hybridized carbons (Fsp3) is 0.533. The topological polar surface area (TPSA) is 64.0 Å². The molecule has 2 aliphatic rings. The van der Waals surface area contributed by atoms with Crippen LogP contribution >= 0.6 is 0 Å². The molecule has 3 rings (SSSR count). The van der Waals surface area contributed by atoms with Crippen molar-refractivity contribution in [1.29, 1.82) is 0 Å². The number of nitrogens with zero attached hydrogens (tertiary/aromatic N) is 2. The van der Waals surface area contributed by atoms with Crippen molar-refractivity contribution < 1.29 is 15.0 Å². The number of likely N-dealkylation sites (tertiary alicyclic amines) is 1. The van der Waals surface area contributed by atoms with Gasteiger partial charge in [-0.25, -0.2) is 0 Å². The van der Waals surface area contributed by atoms with E-state index in [1.807, 2.05) is 28.0 Å². The van der Waals surface area contributed by atoms with E-state index in [0.29, 0.717) is 13.1 Å². The quantitative estimate of drug-likeness (QED) is 0.798. The van der Waals surface area contributed by atoms with Crippen LogP contribution in [-0.4, -0.2) is 59.4 Å². The number of anilines is 1. The Morgan fingerprint density at radius 3 is 2.65 bits per heavy atom. The SMILES string of the molecule is O=C(CN1CC(O)C(O)C1)N1CCCc2ccccc21. The Bertz CT molecular complexity index is 496. The third-order valence-electron chi connectivity index (χ3n) is 4.10. The van der Waals surface area contributed by atoms with Crippen molar-refractivity contribution in [2.45, 2.75) is 25.0 Å². The zero-order valence-electron chi connectivity index (χ0n) is 11.4. The Balaban J connectivity index is 1.70. The summed E-state index contributed by atoms with van der Waals surface area (Å²) >= 11 is 0. The van der Waals surface area contributed by atoms with E-state index in [1.54, 1.807) is 0 Å². The lowest BCUT2D eigenvalue weighted by molar-refractivity contribution is -0.119. The van der Waals surface area contributed by atoms with Gasteiger partial charge in [-0.2, -0.15) is 0 Å². The first-order valence-corrected chi connectivity index (χ1v) is 7.12. The number of aryl methyl sites for hydroxylation is 1. The number of rotatable bonds is 2. The fourth-order valence-corrected chi connectivity index (χ4v) is 3.05. The molecule has 0 saturated carbocycles. The van der Waals surface area contributed by atoms with Gasteiger partial charge in [0.25, 0.3) is 0 Å². The summed E-state index contributed by atoms with van der Waals surface area (Å²) in [5.41, 5.74) is 2.22. The fourth-order valence-electron chi connectivity index (χ4n) is 3.05. The highest BCUT2D eigenvalue weighted by Gasteiger charge is 2.32. The smallest absolute Gasteiger partial charge is 0.241 e. The molecule has 0 bridgehead atoms. The number of benzene rings is 1. The molecule has 5 nitrogen and oxygen atoms in total. The van der Waals surface area contributed by atoms with Crippen LogP contribution in [0.5, 0.6) is 0 Å². The average molecular weight is 276 g/mol. The Morgan fingerprint density at radius 2 is 1.90 bits per heavy atom. The minimum atomic E-state index is -0.739. The van der Waals surface area contributed by atoms with Gasteiger partial charge in [0.05, 0.1) is 18.8 Å². The standard InChI is InChI=1S/C15H20N2O3/c18-13-8-16(9-14(13)19)10-15(20)17-7-3-5-11-4-1-2-6-12(11)17/h1-2,4,6,13-14,18-19H,3,5,7-10H2. The van der Waals surface area contributed by atoms with E-state index in [9.17, 15) is 15.0 Å². The molecule has 2 N–H and O–H groups in total. The molecule has 2 aliphatic heterocycles. The summed E-state index contributed by atoms with van der Waals surface area (Å²) in [5, 5.41) is 19.1. The first kappa shape index (κ1) is 13.5. The maximum absolute atomic E-state index is 12.5. The van der Waals surface area contributed by atoms with Gasteiger partial charge in [-0.1, -0.05) is 18.2 Å². The summed E-state index contributed by atoms with van der Waals surface area (Å²) in [5.74, 6) is 0.0402. The number of amides is 1. The molecule has 0 aliphatic carbocycles. The number of aliphatic hydroxyl groups excluding tert-OH is 2. The van der Waals surface area contributed by atoms with Gasteiger partial charge in [-0.3, -0.25) is 9.69 Å². The highest BCUT2D eigenvalue weighted by atomic mass is 16.3. The second kappa shape index (κ2) is 5.52. The predicted octanol–water partition coefficient (Wildman–Crippen LogP) is 0.00320.